The Labute approximate surface area is 72.7 Å². The minimum Gasteiger partial charge on any atom is -0.275 e. The molecule has 0 aliphatic rings. The van der Waals surface area contributed by atoms with Gasteiger partial charge >= 0.3 is 0 Å². The van der Waals surface area contributed by atoms with Crippen molar-refractivity contribution in [3.8, 4) is 0 Å². The molecule has 0 spiro atoms. The molecular weight excluding hydrogens is 166 g/mol. The lowest BCUT2D eigenvalue weighted by atomic mass is 10.3. The van der Waals surface area contributed by atoms with Gasteiger partial charge in [0.2, 0.25) is 0 Å². The maximum Gasteiger partial charge on any atom is 0.197 e. The molecule has 0 aliphatic heterocycles. The van der Waals surface area contributed by atoms with E-state index in [4.69, 9.17) is 0 Å². The number of para-hydroxylation sites is 1. The second kappa shape index (κ2) is 2.71. The van der Waals surface area contributed by atoms with Crippen LogP contribution in [0.2, 0.25) is 13.1 Å². The zero-order valence-corrected chi connectivity index (χ0v) is 8.15. The molecule has 1 aromatic heterocycles. The second-order valence-corrected chi connectivity index (χ2v) is 5.26. The molecule has 0 N–H and O–H groups in total. The maximum atomic E-state index is 4.11. The van der Waals surface area contributed by atoms with E-state index in [9.17, 15) is 0 Å². The van der Waals surface area contributed by atoms with E-state index in [1.807, 2.05) is 22.5 Å². The lowest BCUT2D eigenvalue weighted by Gasteiger charge is -2.01. The van der Waals surface area contributed by atoms with Gasteiger partial charge in [-0.3, -0.25) is 4.35 Å². The summed E-state index contributed by atoms with van der Waals surface area (Å²) in [6.07, 6.45) is 0. The highest BCUT2D eigenvalue weighted by atomic mass is 28.3. The third kappa shape index (κ3) is 1.04. The number of fused-ring (bicyclic) bond motifs is 1. The van der Waals surface area contributed by atoms with Crippen molar-refractivity contribution in [3.63, 3.8) is 0 Å². The van der Waals surface area contributed by atoms with Gasteiger partial charge in [-0.2, -0.15) is 0 Å². The van der Waals surface area contributed by atoms with Gasteiger partial charge in [0.15, 0.2) is 8.96 Å². The summed E-state index contributed by atoms with van der Waals surface area (Å²) in [4.78, 5) is 0. The lowest BCUT2D eigenvalue weighted by molar-refractivity contribution is 0.878. The van der Waals surface area contributed by atoms with Gasteiger partial charge in [-0.05, 0) is 12.1 Å². The molecule has 1 aromatic carbocycles. The number of aromatic nitrogens is 3. The Balaban J connectivity index is 2.70. The highest BCUT2D eigenvalue weighted by Crippen LogP contribution is 2.09. The van der Waals surface area contributed by atoms with Crippen molar-refractivity contribution in [3.05, 3.63) is 24.3 Å². The van der Waals surface area contributed by atoms with Crippen LogP contribution < -0.4 is 0 Å². The van der Waals surface area contributed by atoms with E-state index >= 15 is 0 Å². The van der Waals surface area contributed by atoms with Crippen molar-refractivity contribution in [1.82, 2.24) is 14.7 Å². The molecule has 3 nitrogen and oxygen atoms in total. The van der Waals surface area contributed by atoms with Crippen molar-refractivity contribution in [2.24, 2.45) is 0 Å². The third-order valence-electron chi connectivity index (χ3n) is 1.78. The SMILES string of the molecule is C[Si](C)n1nnc2ccccc21. The summed E-state index contributed by atoms with van der Waals surface area (Å²) in [6, 6.07) is 8.06. The Morgan fingerprint density at radius 3 is 2.75 bits per heavy atom. The number of nitrogens with zero attached hydrogens (tertiary/aromatic N) is 3. The van der Waals surface area contributed by atoms with Gasteiger partial charge in [-0.25, -0.2) is 0 Å². The molecule has 0 aliphatic carbocycles. The average molecular weight is 176 g/mol. The monoisotopic (exact) mass is 176 g/mol. The predicted molar refractivity (Wildman–Crippen MR) is 50.4 cm³/mol. The first-order chi connectivity index (χ1) is 5.79. The van der Waals surface area contributed by atoms with Crippen LogP contribution in [0.4, 0.5) is 0 Å². The standard InChI is InChI=1S/C8H10N3Si/c1-12(2)11-8-6-4-3-5-7(8)9-10-11/h3-6H,1-2H3. The molecule has 12 heavy (non-hydrogen) atoms. The maximum absolute atomic E-state index is 4.11. The summed E-state index contributed by atoms with van der Waals surface area (Å²) in [7, 11) is -0.551. The molecule has 2 aromatic rings. The second-order valence-electron chi connectivity index (χ2n) is 2.94. The zero-order valence-electron chi connectivity index (χ0n) is 7.15. The Kier molecular flexibility index (Phi) is 1.69. The summed E-state index contributed by atoms with van der Waals surface area (Å²) in [5, 5.41) is 8.19. The molecule has 0 saturated heterocycles. The van der Waals surface area contributed by atoms with Gasteiger partial charge in [0, 0.05) is 0 Å². The molecule has 0 atom stereocenters. The molecule has 1 heterocycles. The van der Waals surface area contributed by atoms with Crippen LogP contribution in [0, 0.1) is 0 Å². The summed E-state index contributed by atoms with van der Waals surface area (Å²) in [5.74, 6) is 0. The molecule has 0 amide bonds. The van der Waals surface area contributed by atoms with Crippen LogP contribution in [0.15, 0.2) is 24.3 Å². The summed E-state index contributed by atoms with van der Waals surface area (Å²) >= 11 is 0. The molecule has 1 radical (unpaired) electrons. The van der Waals surface area contributed by atoms with Gasteiger partial charge in [-0.1, -0.05) is 30.4 Å². The molecule has 0 fully saturated rings. The minimum atomic E-state index is -0.551. The van der Waals surface area contributed by atoms with Crippen molar-refractivity contribution in [1.29, 1.82) is 0 Å². The zero-order chi connectivity index (χ0) is 8.55. The topological polar surface area (TPSA) is 30.7 Å². The van der Waals surface area contributed by atoms with Crippen molar-refractivity contribution >= 4 is 20.0 Å². The van der Waals surface area contributed by atoms with E-state index in [0.29, 0.717) is 0 Å². The van der Waals surface area contributed by atoms with Crippen LogP contribution >= 0.6 is 0 Å². The minimum absolute atomic E-state index is 0.551. The largest absolute Gasteiger partial charge is 0.275 e. The lowest BCUT2D eigenvalue weighted by Crippen LogP contribution is -2.16. The predicted octanol–water partition coefficient (Wildman–Crippen LogP) is 1.53. The fourth-order valence-corrected chi connectivity index (χ4v) is 2.09. The molecule has 2 rings (SSSR count). The van der Waals surface area contributed by atoms with E-state index in [0.717, 1.165) is 11.0 Å². The quantitative estimate of drug-likeness (QED) is 0.617. The Hall–Kier alpha value is -1.16. The fraction of sp³-hybridized carbons (Fsp3) is 0.250. The Bertz CT molecular complexity index is 394. The molecule has 61 valence electrons. The number of benzene rings is 1. The van der Waals surface area contributed by atoms with E-state index in [-0.39, 0.29) is 0 Å². The van der Waals surface area contributed by atoms with Gasteiger partial charge < -0.3 is 0 Å². The Morgan fingerprint density at radius 2 is 2.00 bits per heavy atom. The van der Waals surface area contributed by atoms with Crippen molar-refractivity contribution < 1.29 is 0 Å². The number of hydrogen-bond donors (Lipinski definition) is 0. The van der Waals surface area contributed by atoms with Crippen molar-refractivity contribution in [2.75, 3.05) is 0 Å². The van der Waals surface area contributed by atoms with Crippen LogP contribution in [0.3, 0.4) is 0 Å². The van der Waals surface area contributed by atoms with Crippen LogP contribution in [-0.2, 0) is 0 Å². The van der Waals surface area contributed by atoms with Crippen LogP contribution in [0.25, 0.3) is 11.0 Å². The summed E-state index contributed by atoms with van der Waals surface area (Å²) in [5.41, 5.74) is 2.14. The fourth-order valence-electron chi connectivity index (χ4n) is 1.20. The molecular formula is C8H10N3Si. The molecule has 0 unspecified atom stereocenters. The Morgan fingerprint density at radius 1 is 1.25 bits per heavy atom. The average Bonchev–Trinajstić information content (AvgIpc) is 2.47. The van der Waals surface area contributed by atoms with E-state index < -0.39 is 8.96 Å². The summed E-state index contributed by atoms with van der Waals surface area (Å²) < 4.78 is 2.03. The van der Waals surface area contributed by atoms with Gasteiger partial charge in [-0.15, -0.1) is 5.10 Å². The highest BCUT2D eigenvalue weighted by Gasteiger charge is 2.06. The normalized spacial score (nSPS) is 11.2. The van der Waals surface area contributed by atoms with Gasteiger partial charge in [0.1, 0.15) is 5.52 Å². The number of hydrogen-bond acceptors (Lipinski definition) is 2. The first-order valence-corrected chi connectivity index (χ1v) is 6.35. The van der Waals surface area contributed by atoms with E-state index in [1.54, 1.807) is 0 Å². The molecule has 0 bridgehead atoms. The molecule has 4 heteroatoms. The van der Waals surface area contributed by atoms with Crippen LogP contribution in [0.5, 0.6) is 0 Å². The van der Waals surface area contributed by atoms with Crippen molar-refractivity contribution in [2.45, 2.75) is 13.1 Å². The first-order valence-electron chi connectivity index (χ1n) is 3.90. The van der Waals surface area contributed by atoms with E-state index in [2.05, 4.69) is 29.5 Å². The van der Waals surface area contributed by atoms with Crippen LogP contribution in [-0.4, -0.2) is 23.6 Å². The van der Waals surface area contributed by atoms with Gasteiger partial charge in [0.25, 0.3) is 0 Å². The summed E-state index contributed by atoms with van der Waals surface area (Å²) in [6.45, 7) is 4.40. The highest BCUT2D eigenvalue weighted by molar-refractivity contribution is 6.54. The number of rotatable bonds is 1. The third-order valence-corrected chi connectivity index (χ3v) is 2.95. The van der Waals surface area contributed by atoms with Crippen LogP contribution in [0.1, 0.15) is 0 Å². The smallest absolute Gasteiger partial charge is 0.197 e. The molecule has 0 saturated carbocycles. The van der Waals surface area contributed by atoms with Gasteiger partial charge in [0.05, 0.1) is 5.52 Å². The van der Waals surface area contributed by atoms with E-state index in [1.165, 1.54) is 0 Å². The first kappa shape index (κ1) is 7.48.